The van der Waals surface area contributed by atoms with Crippen LogP contribution in [0.4, 0.5) is 0 Å². The standard InChI is InChI=1S/2C9H10O2.C8H10.C4H8O2.C2H6.CH4/c2*1-2-4-8(5-3-1)10-6-9-7-11-9;1-2-8-6-4-3-5-7-8;1-5-2-4-3-6-4;1-2;/h2*1-5,9H,6-7H2;3-7H,2H2,1H3;4H,2-3H2,1H3;1-2H3;1H4. The van der Waals surface area contributed by atoms with E-state index in [0.717, 1.165) is 44.3 Å². The lowest BCUT2D eigenvalue weighted by molar-refractivity contribution is 0.171. The zero-order valence-corrected chi connectivity index (χ0v) is 23.3. The normalized spacial score (nSPS) is 18.7. The highest BCUT2D eigenvalue weighted by molar-refractivity contribution is 5.21. The number of para-hydroxylation sites is 2. The van der Waals surface area contributed by atoms with Gasteiger partial charge in [-0.25, -0.2) is 0 Å². The Morgan fingerprint density at radius 2 is 0.923 bits per heavy atom. The fourth-order valence-corrected chi connectivity index (χ4v) is 2.80. The molecule has 3 aliphatic rings. The number of hydrogen-bond donors (Lipinski definition) is 0. The molecule has 6 rings (SSSR count). The summed E-state index contributed by atoms with van der Waals surface area (Å²) in [6, 6.07) is 30.0. The maximum absolute atomic E-state index is 5.40. The molecule has 0 spiro atoms. The summed E-state index contributed by atoms with van der Waals surface area (Å²) in [5.74, 6) is 1.84. The second-order valence-electron chi connectivity index (χ2n) is 8.41. The summed E-state index contributed by atoms with van der Waals surface area (Å²) in [6.45, 7) is 10.9. The average molecular weight is 541 g/mol. The molecule has 0 saturated carbocycles. The molecule has 0 bridgehead atoms. The van der Waals surface area contributed by atoms with Crippen LogP contribution in [0.5, 0.6) is 11.5 Å². The summed E-state index contributed by atoms with van der Waals surface area (Å²) in [4.78, 5) is 0. The van der Waals surface area contributed by atoms with Gasteiger partial charge in [0.2, 0.25) is 0 Å². The molecule has 3 aliphatic heterocycles. The summed E-state index contributed by atoms with van der Waals surface area (Å²) in [7, 11) is 1.68. The third-order valence-corrected chi connectivity index (χ3v) is 5.17. The van der Waals surface area contributed by atoms with Crippen LogP contribution in [0.2, 0.25) is 0 Å². The van der Waals surface area contributed by atoms with E-state index in [1.54, 1.807) is 7.11 Å². The third-order valence-electron chi connectivity index (χ3n) is 5.17. The molecular weight excluding hydrogens is 492 g/mol. The van der Waals surface area contributed by atoms with Crippen LogP contribution < -0.4 is 9.47 Å². The van der Waals surface area contributed by atoms with Gasteiger partial charge < -0.3 is 28.4 Å². The summed E-state index contributed by atoms with van der Waals surface area (Å²) in [6.07, 6.45) is 2.25. The first-order valence-corrected chi connectivity index (χ1v) is 13.5. The molecular formula is C33H48O6. The highest BCUT2D eigenvalue weighted by Crippen LogP contribution is 2.14. The van der Waals surface area contributed by atoms with Gasteiger partial charge in [0.05, 0.1) is 26.4 Å². The monoisotopic (exact) mass is 540 g/mol. The van der Waals surface area contributed by atoms with Crippen LogP contribution in [0.15, 0.2) is 91.0 Å². The Balaban J connectivity index is 0.000000258. The fourth-order valence-electron chi connectivity index (χ4n) is 2.80. The number of rotatable bonds is 9. The number of methoxy groups -OCH3 is 1. The van der Waals surface area contributed by atoms with E-state index in [4.69, 9.17) is 28.4 Å². The SMILES string of the molecule is C.CC.CCc1ccccc1.COCC1CO1.c1ccc(OCC2CO2)cc1.c1ccc(OCC2CO2)cc1. The van der Waals surface area contributed by atoms with Crippen molar-refractivity contribution in [1.82, 2.24) is 0 Å². The van der Waals surface area contributed by atoms with Crippen molar-refractivity contribution >= 4 is 0 Å². The Labute approximate surface area is 236 Å². The highest BCUT2D eigenvalue weighted by atomic mass is 16.6. The second-order valence-corrected chi connectivity index (χ2v) is 8.41. The van der Waals surface area contributed by atoms with E-state index in [0.29, 0.717) is 31.5 Å². The van der Waals surface area contributed by atoms with Crippen molar-refractivity contribution in [3.63, 3.8) is 0 Å². The van der Waals surface area contributed by atoms with Crippen LogP contribution in [0.3, 0.4) is 0 Å². The summed E-state index contributed by atoms with van der Waals surface area (Å²) < 4.78 is 30.4. The smallest absolute Gasteiger partial charge is 0.119 e. The lowest BCUT2D eigenvalue weighted by Gasteiger charge is -2.01. The highest BCUT2D eigenvalue weighted by Gasteiger charge is 2.23. The minimum Gasteiger partial charge on any atom is -0.491 e. The van der Waals surface area contributed by atoms with Gasteiger partial charge in [0.1, 0.15) is 43.0 Å². The zero-order valence-electron chi connectivity index (χ0n) is 23.3. The Bertz CT molecular complexity index is 859. The average Bonchev–Trinajstić information content (AvgIpc) is 3.84. The molecule has 3 saturated heterocycles. The van der Waals surface area contributed by atoms with Crippen LogP contribution in [0, 0.1) is 0 Å². The van der Waals surface area contributed by atoms with Crippen molar-refractivity contribution in [1.29, 1.82) is 0 Å². The maximum atomic E-state index is 5.40. The molecule has 3 heterocycles. The molecule has 3 atom stereocenters. The minimum atomic E-state index is 0. The predicted molar refractivity (Wildman–Crippen MR) is 159 cm³/mol. The van der Waals surface area contributed by atoms with E-state index in [1.807, 2.05) is 80.6 Å². The van der Waals surface area contributed by atoms with Gasteiger partial charge in [0.25, 0.3) is 0 Å². The van der Waals surface area contributed by atoms with Crippen LogP contribution in [-0.2, 0) is 25.4 Å². The number of epoxide rings is 3. The van der Waals surface area contributed by atoms with Gasteiger partial charge in [-0.1, -0.05) is 94.9 Å². The van der Waals surface area contributed by atoms with Gasteiger partial charge in [-0.2, -0.15) is 0 Å². The van der Waals surface area contributed by atoms with Crippen LogP contribution in [-0.4, -0.2) is 65.1 Å². The maximum Gasteiger partial charge on any atom is 0.119 e. The first-order chi connectivity index (χ1) is 18.8. The van der Waals surface area contributed by atoms with Gasteiger partial charge in [0, 0.05) is 7.11 Å². The molecule has 0 amide bonds. The summed E-state index contributed by atoms with van der Waals surface area (Å²) >= 11 is 0. The van der Waals surface area contributed by atoms with Gasteiger partial charge in [-0.3, -0.25) is 0 Å². The molecule has 216 valence electrons. The lowest BCUT2D eigenvalue weighted by Crippen LogP contribution is -2.03. The van der Waals surface area contributed by atoms with E-state index in [2.05, 4.69) is 31.2 Å². The molecule has 0 N–H and O–H groups in total. The van der Waals surface area contributed by atoms with Crippen molar-refractivity contribution < 1.29 is 28.4 Å². The molecule has 39 heavy (non-hydrogen) atoms. The zero-order chi connectivity index (χ0) is 27.3. The third kappa shape index (κ3) is 18.9. The van der Waals surface area contributed by atoms with Crippen molar-refractivity contribution in [2.24, 2.45) is 0 Å². The lowest BCUT2D eigenvalue weighted by atomic mass is 10.2. The second kappa shape index (κ2) is 22.0. The van der Waals surface area contributed by atoms with Crippen molar-refractivity contribution in [3.8, 4) is 11.5 Å². The van der Waals surface area contributed by atoms with E-state index in [9.17, 15) is 0 Å². The molecule has 0 radical (unpaired) electrons. The van der Waals surface area contributed by atoms with E-state index >= 15 is 0 Å². The molecule has 3 fully saturated rings. The van der Waals surface area contributed by atoms with Crippen molar-refractivity contribution in [2.75, 3.05) is 46.8 Å². The van der Waals surface area contributed by atoms with E-state index in [-0.39, 0.29) is 7.43 Å². The van der Waals surface area contributed by atoms with Gasteiger partial charge >= 0.3 is 0 Å². The first-order valence-electron chi connectivity index (χ1n) is 13.5. The van der Waals surface area contributed by atoms with Crippen molar-refractivity contribution in [3.05, 3.63) is 96.6 Å². The Kier molecular flexibility index (Phi) is 19.2. The van der Waals surface area contributed by atoms with Crippen LogP contribution in [0.25, 0.3) is 0 Å². The van der Waals surface area contributed by atoms with Gasteiger partial charge in [0.15, 0.2) is 0 Å². The molecule has 3 aromatic carbocycles. The van der Waals surface area contributed by atoms with Gasteiger partial charge in [-0.05, 0) is 36.2 Å². The predicted octanol–water partition coefficient (Wildman–Crippen LogP) is 6.87. The molecule has 6 nitrogen and oxygen atoms in total. The molecule has 0 aliphatic carbocycles. The molecule has 0 aromatic heterocycles. The summed E-state index contributed by atoms with van der Waals surface area (Å²) in [5.41, 5.74) is 1.41. The Hall–Kier alpha value is -2.90. The fraction of sp³-hybridized carbons (Fsp3) is 0.455. The quantitative estimate of drug-likeness (QED) is 0.276. The summed E-state index contributed by atoms with van der Waals surface area (Å²) in [5, 5.41) is 0. The topological polar surface area (TPSA) is 65.3 Å². The molecule has 3 unspecified atom stereocenters. The van der Waals surface area contributed by atoms with E-state index < -0.39 is 0 Å². The first kappa shape index (κ1) is 34.1. The Morgan fingerprint density at radius 3 is 1.18 bits per heavy atom. The Morgan fingerprint density at radius 1 is 0.590 bits per heavy atom. The minimum absolute atomic E-state index is 0. The number of aryl methyl sites for hydroxylation is 1. The van der Waals surface area contributed by atoms with Crippen molar-refractivity contribution in [2.45, 2.75) is 52.9 Å². The van der Waals surface area contributed by atoms with Gasteiger partial charge in [-0.15, -0.1) is 0 Å². The number of benzene rings is 3. The number of hydrogen-bond acceptors (Lipinski definition) is 6. The molecule has 3 aromatic rings. The molecule has 6 heteroatoms. The van der Waals surface area contributed by atoms with Crippen LogP contribution >= 0.6 is 0 Å². The largest absolute Gasteiger partial charge is 0.491 e. The van der Waals surface area contributed by atoms with E-state index in [1.165, 1.54) is 5.56 Å². The number of ether oxygens (including phenoxy) is 6. The van der Waals surface area contributed by atoms with Crippen LogP contribution in [0.1, 0.15) is 33.8 Å².